The fourth-order valence-electron chi connectivity index (χ4n) is 2.28. The molecule has 0 bridgehead atoms. The van der Waals surface area contributed by atoms with Gasteiger partial charge in [-0.05, 0) is 42.5 Å². The van der Waals surface area contributed by atoms with Crippen LogP contribution in [0.2, 0.25) is 0 Å². The summed E-state index contributed by atoms with van der Waals surface area (Å²) in [6, 6.07) is 11.3. The molecule has 0 atom stereocenters. The van der Waals surface area contributed by atoms with Crippen LogP contribution >= 0.6 is 0 Å². The van der Waals surface area contributed by atoms with Gasteiger partial charge in [-0.15, -0.1) is 0 Å². The molecule has 9 heteroatoms. The third kappa shape index (κ3) is 4.57. The number of hydrogen-bond acceptors (Lipinski definition) is 4. The van der Waals surface area contributed by atoms with E-state index < -0.39 is 27.6 Å². The van der Waals surface area contributed by atoms with Crippen LogP contribution in [0.25, 0.3) is 0 Å². The van der Waals surface area contributed by atoms with Crippen LogP contribution in [0, 0.1) is 11.6 Å². The minimum absolute atomic E-state index is 0.0350. The quantitative estimate of drug-likeness (QED) is 0.674. The van der Waals surface area contributed by atoms with Gasteiger partial charge in [0, 0.05) is 11.8 Å². The van der Waals surface area contributed by atoms with E-state index in [-0.39, 0.29) is 22.7 Å². The maximum Gasteiger partial charge on any atom is 0.258 e. The highest BCUT2D eigenvalue weighted by molar-refractivity contribution is 7.89. The molecule has 3 aromatic rings. The van der Waals surface area contributed by atoms with Crippen LogP contribution in [0.5, 0.6) is 0 Å². The molecule has 0 spiro atoms. The highest BCUT2D eigenvalue weighted by atomic mass is 32.2. The zero-order valence-electron chi connectivity index (χ0n) is 13.8. The van der Waals surface area contributed by atoms with Gasteiger partial charge in [-0.2, -0.15) is 0 Å². The molecule has 3 rings (SSSR count). The molecule has 1 aromatic heterocycles. The highest BCUT2D eigenvalue weighted by Gasteiger charge is 2.17. The molecule has 1 heterocycles. The number of hydrogen-bond donors (Lipinski definition) is 2. The smallest absolute Gasteiger partial charge is 0.258 e. The Balaban J connectivity index is 1.75. The number of nitrogens with one attached hydrogen (secondary N) is 2. The van der Waals surface area contributed by atoms with Crippen molar-refractivity contribution in [2.75, 3.05) is 5.32 Å². The Morgan fingerprint density at radius 1 is 1.04 bits per heavy atom. The molecule has 0 unspecified atom stereocenters. The second-order valence-corrected chi connectivity index (χ2v) is 7.28. The topological polar surface area (TPSA) is 88.4 Å². The molecular formula is C18H14F2N2O4S. The number of benzene rings is 2. The maximum absolute atomic E-state index is 13.7. The molecule has 0 fully saturated rings. The van der Waals surface area contributed by atoms with Gasteiger partial charge in [0.15, 0.2) is 0 Å². The molecule has 0 aliphatic heterocycles. The van der Waals surface area contributed by atoms with Crippen molar-refractivity contribution in [3.05, 3.63) is 83.8 Å². The van der Waals surface area contributed by atoms with Crippen molar-refractivity contribution in [1.29, 1.82) is 0 Å². The molecular weight excluding hydrogens is 378 g/mol. The van der Waals surface area contributed by atoms with E-state index in [1.807, 2.05) is 0 Å². The van der Waals surface area contributed by atoms with Crippen molar-refractivity contribution in [2.24, 2.45) is 0 Å². The number of rotatable bonds is 6. The van der Waals surface area contributed by atoms with Crippen LogP contribution < -0.4 is 10.0 Å². The summed E-state index contributed by atoms with van der Waals surface area (Å²) in [4.78, 5) is 12.0. The second kappa shape index (κ2) is 7.68. The molecule has 0 aliphatic carbocycles. The van der Waals surface area contributed by atoms with Crippen LogP contribution in [-0.2, 0) is 16.6 Å². The molecule has 140 valence electrons. The molecule has 2 aromatic carbocycles. The van der Waals surface area contributed by atoms with Crippen LogP contribution in [-0.4, -0.2) is 14.3 Å². The lowest BCUT2D eigenvalue weighted by molar-refractivity contribution is 0.102. The summed E-state index contributed by atoms with van der Waals surface area (Å²) < 4.78 is 58.8. The first-order valence-corrected chi connectivity index (χ1v) is 9.22. The van der Waals surface area contributed by atoms with Crippen molar-refractivity contribution in [2.45, 2.75) is 11.4 Å². The first kappa shape index (κ1) is 18.7. The van der Waals surface area contributed by atoms with E-state index in [0.29, 0.717) is 11.8 Å². The zero-order chi connectivity index (χ0) is 19.4. The van der Waals surface area contributed by atoms with Crippen LogP contribution in [0.15, 0.2) is 70.2 Å². The third-order valence-corrected chi connectivity index (χ3v) is 4.99. The average Bonchev–Trinajstić information content (AvgIpc) is 3.14. The van der Waals surface area contributed by atoms with Gasteiger partial charge in [0.2, 0.25) is 10.0 Å². The number of amides is 1. The Morgan fingerprint density at radius 2 is 1.85 bits per heavy atom. The Kier molecular flexibility index (Phi) is 5.33. The molecule has 0 aliphatic rings. The standard InChI is InChI=1S/C18H14F2N2O4S/c19-12-6-7-16(17(20)9-12)18(23)22-13-3-1-5-15(10-13)27(24,25)21-11-14-4-2-8-26-14/h1-10,21H,11H2,(H,22,23). The summed E-state index contributed by atoms with van der Waals surface area (Å²) >= 11 is 0. The number of furan rings is 1. The summed E-state index contributed by atoms with van der Waals surface area (Å²) in [6.45, 7) is -0.0350. The molecule has 6 nitrogen and oxygen atoms in total. The molecule has 0 radical (unpaired) electrons. The molecule has 1 amide bonds. The SMILES string of the molecule is O=C(Nc1cccc(S(=O)(=O)NCc2ccco2)c1)c1ccc(F)cc1F. The molecule has 0 saturated carbocycles. The van der Waals surface area contributed by atoms with Gasteiger partial charge in [-0.3, -0.25) is 4.79 Å². The zero-order valence-corrected chi connectivity index (χ0v) is 14.6. The van der Waals surface area contributed by atoms with Crippen LogP contribution in [0.3, 0.4) is 0 Å². The van der Waals surface area contributed by atoms with Gasteiger partial charge in [-0.25, -0.2) is 21.9 Å². The van der Waals surface area contributed by atoms with E-state index in [2.05, 4.69) is 10.0 Å². The van der Waals surface area contributed by atoms with Crippen molar-refractivity contribution in [1.82, 2.24) is 4.72 Å². The number of carbonyl (C=O) groups excluding carboxylic acids is 1. The Bertz CT molecular complexity index is 1070. The first-order chi connectivity index (χ1) is 12.8. The summed E-state index contributed by atoms with van der Waals surface area (Å²) in [5, 5.41) is 2.39. The molecule has 0 saturated heterocycles. The van der Waals surface area contributed by atoms with Gasteiger partial charge in [0.25, 0.3) is 5.91 Å². The van der Waals surface area contributed by atoms with E-state index in [9.17, 15) is 22.0 Å². The highest BCUT2D eigenvalue weighted by Crippen LogP contribution is 2.18. The van der Waals surface area contributed by atoms with E-state index in [4.69, 9.17) is 4.42 Å². The lowest BCUT2D eigenvalue weighted by atomic mass is 10.2. The Hall–Kier alpha value is -3.04. The fraction of sp³-hybridized carbons (Fsp3) is 0.0556. The van der Waals surface area contributed by atoms with Crippen molar-refractivity contribution >= 4 is 21.6 Å². The summed E-state index contributed by atoms with van der Waals surface area (Å²) in [5.74, 6) is -2.21. The minimum Gasteiger partial charge on any atom is -0.468 e. The number of anilines is 1. The first-order valence-electron chi connectivity index (χ1n) is 7.74. The van der Waals surface area contributed by atoms with Crippen molar-refractivity contribution in [3.8, 4) is 0 Å². The Labute approximate surface area is 153 Å². The monoisotopic (exact) mass is 392 g/mol. The van der Waals surface area contributed by atoms with Crippen molar-refractivity contribution < 1.29 is 26.4 Å². The number of sulfonamides is 1. The third-order valence-electron chi connectivity index (χ3n) is 3.59. The average molecular weight is 392 g/mol. The lowest BCUT2D eigenvalue weighted by Crippen LogP contribution is -2.23. The lowest BCUT2D eigenvalue weighted by Gasteiger charge is -2.09. The van der Waals surface area contributed by atoms with Gasteiger partial charge in [-0.1, -0.05) is 6.07 Å². The van der Waals surface area contributed by atoms with Gasteiger partial charge >= 0.3 is 0 Å². The fourth-order valence-corrected chi connectivity index (χ4v) is 3.31. The van der Waals surface area contributed by atoms with Crippen LogP contribution in [0.1, 0.15) is 16.1 Å². The largest absolute Gasteiger partial charge is 0.468 e. The number of carbonyl (C=O) groups is 1. The molecule has 27 heavy (non-hydrogen) atoms. The number of halogens is 2. The predicted molar refractivity (Wildman–Crippen MR) is 93.5 cm³/mol. The van der Waals surface area contributed by atoms with Gasteiger partial charge in [0.05, 0.1) is 23.3 Å². The summed E-state index contributed by atoms with van der Waals surface area (Å²) in [6.07, 6.45) is 1.42. The predicted octanol–water partition coefficient (Wildman–Crippen LogP) is 3.29. The normalized spacial score (nSPS) is 11.3. The molecule has 2 N–H and O–H groups in total. The van der Waals surface area contributed by atoms with Crippen LogP contribution in [0.4, 0.5) is 14.5 Å². The Morgan fingerprint density at radius 3 is 2.56 bits per heavy atom. The van der Waals surface area contributed by atoms with E-state index in [0.717, 1.165) is 12.1 Å². The van der Waals surface area contributed by atoms with Crippen molar-refractivity contribution in [3.63, 3.8) is 0 Å². The van der Waals surface area contributed by atoms with Gasteiger partial charge in [0.1, 0.15) is 17.4 Å². The summed E-state index contributed by atoms with van der Waals surface area (Å²) in [7, 11) is -3.86. The van der Waals surface area contributed by atoms with E-state index in [1.54, 1.807) is 12.1 Å². The van der Waals surface area contributed by atoms with E-state index >= 15 is 0 Å². The second-order valence-electron chi connectivity index (χ2n) is 5.51. The van der Waals surface area contributed by atoms with Gasteiger partial charge < -0.3 is 9.73 Å². The van der Waals surface area contributed by atoms with E-state index in [1.165, 1.54) is 30.5 Å². The maximum atomic E-state index is 13.7. The minimum atomic E-state index is -3.86. The summed E-state index contributed by atoms with van der Waals surface area (Å²) in [5.41, 5.74) is -0.217.